The third-order valence-electron chi connectivity index (χ3n) is 3.90. The highest BCUT2D eigenvalue weighted by Crippen LogP contribution is 2.33. The lowest BCUT2D eigenvalue weighted by molar-refractivity contribution is -0.130. The van der Waals surface area contributed by atoms with E-state index in [1.165, 1.54) is 0 Å². The van der Waals surface area contributed by atoms with E-state index in [1.54, 1.807) is 18.9 Å². The molecule has 21 heavy (non-hydrogen) atoms. The standard InChI is InChI=1S/C16H24N2O2S/c1-3-21-14-7-5-4-6-13(14)18-15(19)16(12-20-2)8-10-17-11-9-16/h4-7,17H,3,8-12H2,1-2H3,(H,18,19). The van der Waals surface area contributed by atoms with Crippen LogP contribution in [-0.4, -0.2) is 38.5 Å². The SMILES string of the molecule is CCSc1ccccc1NC(=O)C1(COC)CCNCC1. The van der Waals surface area contributed by atoms with Gasteiger partial charge in [0.1, 0.15) is 0 Å². The number of amides is 1. The van der Waals surface area contributed by atoms with E-state index in [9.17, 15) is 4.79 Å². The number of thioether (sulfide) groups is 1. The summed E-state index contributed by atoms with van der Waals surface area (Å²) in [6.45, 7) is 4.32. The van der Waals surface area contributed by atoms with E-state index in [1.807, 2.05) is 18.2 Å². The van der Waals surface area contributed by atoms with Gasteiger partial charge in [0.25, 0.3) is 0 Å². The highest BCUT2D eigenvalue weighted by atomic mass is 32.2. The van der Waals surface area contributed by atoms with Crippen LogP contribution in [0.3, 0.4) is 0 Å². The van der Waals surface area contributed by atoms with Crippen molar-refractivity contribution in [3.8, 4) is 0 Å². The van der Waals surface area contributed by atoms with E-state index < -0.39 is 5.41 Å². The summed E-state index contributed by atoms with van der Waals surface area (Å²) in [7, 11) is 1.66. The maximum Gasteiger partial charge on any atom is 0.233 e. The Morgan fingerprint density at radius 2 is 2.10 bits per heavy atom. The number of carbonyl (C=O) groups is 1. The van der Waals surface area contributed by atoms with Gasteiger partial charge in [0.2, 0.25) is 5.91 Å². The second-order valence-corrected chi connectivity index (χ2v) is 6.65. The Morgan fingerprint density at radius 1 is 1.38 bits per heavy atom. The predicted molar refractivity (Wildman–Crippen MR) is 87.9 cm³/mol. The summed E-state index contributed by atoms with van der Waals surface area (Å²) >= 11 is 1.74. The molecule has 1 heterocycles. The summed E-state index contributed by atoms with van der Waals surface area (Å²) in [4.78, 5) is 13.9. The number of benzene rings is 1. The number of hydrogen-bond acceptors (Lipinski definition) is 4. The van der Waals surface area contributed by atoms with Crippen molar-refractivity contribution in [2.75, 3.05) is 37.9 Å². The summed E-state index contributed by atoms with van der Waals surface area (Å²) < 4.78 is 5.33. The minimum absolute atomic E-state index is 0.0787. The molecule has 1 aromatic carbocycles. The Morgan fingerprint density at radius 3 is 2.76 bits per heavy atom. The summed E-state index contributed by atoms with van der Waals surface area (Å²) in [6, 6.07) is 7.98. The molecule has 0 bridgehead atoms. The molecule has 2 N–H and O–H groups in total. The molecule has 116 valence electrons. The fraction of sp³-hybridized carbons (Fsp3) is 0.562. The molecule has 1 aliphatic heterocycles. The molecule has 0 aromatic heterocycles. The molecule has 1 fully saturated rings. The van der Waals surface area contributed by atoms with Crippen molar-refractivity contribution in [2.24, 2.45) is 5.41 Å². The lowest BCUT2D eigenvalue weighted by Gasteiger charge is -2.35. The third-order valence-corrected chi connectivity index (χ3v) is 4.85. The Balaban J connectivity index is 2.15. The van der Waals surface area contributed by atoms with Crippen molar-refractivity contribution < 1.29 is 9.53 Å². The average Bonchev–Trinajstić information content (AvgIpc) is 2.50. The van der Waals surface area contributed by atoms with Gasteiger partial charge in [-0.25, -0.2) is 0 Å². The van der Waals surface area contributed by atoms with E-state index in [0.717, 1.165) is 42.3 Å². The Bertz CT molecular complexity index is 468. The summed E-state index contributed by atoms with van der Waals surface area (Å²) in [5.41, 5.74) is 0.493. The lowest BCUT2D eigenvalue weighted by atomic mass is 9.78. The van der Waals surface area contributed by atoms with Crippen LogP contribution < -0.4 is 10.6 Å². The smallest absolute Gasteiger partial charge is 0.233 e. The Hall–Kier alpha value is -1.04. The minimum atomic E-state index is -0.413. The minimum Gasteiger partial charge on any atom is -0.384 e. The molecule has 1 aliphatic rings. The number of ether oxygens (including phenoxy) is 1. The number of rotatable bonds is 6. The largest absolute Gasteiger partial charge is 0.384 e. The van der Waals surface area contributed by atoms with Gasteiger partial charge in [-0.3, -0.25) is 4.79 Å². The van der Waals surface area contributed by atoms with Crippen LogP contribution in [0, 0.1) is 5.41 Å². The van der Waals surface area contributed by atoms with Crippen LogP contribution in [0.15, 0.2) is 29.2 Å². The second-order valence-electron chi connectivity index (χ2n) is 5.35. The predicted octanol–water partition coefficient (Wildman–Crippen LogP) is 2.75. The fourth-order valence-electron chi connectivity index (χ4n) is 2.72. The zero-order valence-corrected chi connectivity index (χ0v) is 13.6. The zero-order chi connectivity index (χ0) is 15.1. The molecular weight excluding hydrogens is 284 g/mol. The van der Waals surface area contributed by atoms with Gasteiger partial charge >= 0.3 is 0 Å². The number of para-hydroxylation sites is 1. The molecule has 0 saturated carbocycles. The van der Waals surface area contributed by atoms with Gasteiger partial charge in [-0.1, -0.05) is 19.1 Å². The molecular formula is C16H24N2O2S. The van der Waals surface area contributed by atoms with E-state index in [-0.39, 0.29) is 5.91 Å². The number of nitrogens with one attached hydrogen (secondary N) is 2. The first-order chi connectivity index (χ1) is 10.2. The molecule has 2 rings (SSSR count). The quantitative estimate of drug-likeness (QED) is 0.794. The summed E-state index contributed by atoms with van der Waals surface area (Å²) in [6.07, 6.45) is 1.63. The summed E-state index contributed by atoms with van der Waals surface area (Å²) in [5, 5.41) is 6.43. The first-order valence-corrected chi connectivity index (χ1v) is 8.43. The van der Waals surface area contributed by atoms with Gasteiger partial charge in [0.15, 0.2) is 0 Å². The number of carbonyl (C=O) groups excluding carboxylic acids is 1. The van der Waals surface area contributed by atoms with Gasteiger partial charge < -0.3 is 15.4 Å². The molecule has 5 heteroatoms. The summed E-state index contributed by atoms with van der Waals surface area (Å²) in [5.74, 6) is 1.06. The van der Waals surface area contributed by atoms with E-state index in [0.29, 0.717) is 6.61 Å². The monoisotopic (exact) mass is 308 g/mol. The molecule has 4 nitrogen and oxygen atoms in total. The van der Waals surface area contributed by atoms with Gasteiger partial charge in [-0.05, 0) is 43.8 Å². The molecule has 0 atom stereocenters. The molecule has 0 spiro atoms. The van der Waals surface area contributed by atoms with Crippen molar-refractivity contribution in [3.63, 3.8) is 0 Å². The number of anilines is 1. The van der Waals surface area contributed by atoms with Crippen LogP contribution in [-0.2, 0) is 9.53 Å². The first-order valence-electron chi connectivity index (χ1n) is 7.45. The van der Waals surface area contributed by atoms with E-state index >= 15 is 0 Å². The Kier molecular flexibility index (Phi) is 6.08. The molecule has 1 saturated heterocycles. The third kappa shape index (κ3) is 3.99. The lowest BCUT2D eigenvalue weighted by Crippen LogP contribution is -2.47. The molecule has 0 unspecified atom stereocenters. The van der Waals surface area contributed by atoms with Crippen molar-refractivity contribution in [2.45, 2.75) is 24.7 Å². The van der Waals surface area contributed by atoms with Crippen LogP contribution in [0.25, 0.3) is 0 Å². The van der Waals surface area contributed by atoms with Crippen molar-refractivity contribution in [3.05, 3.63) is 24.3 Å². The van der Waals surface area contributed by atoms with Crippen LogP contribution in [0.2, 0.25) is 0 Å². The van der Waals surface area contributed by atoms with Crippen LogP contribution in [0.4, 0.5) is 5.69 Å². The number of piperidine rings is 1. The average molecular weight is 308 g/mol. The van der Waals surface area contributed by atoms with E-state index in [4.69, 9.17) is 4.74 Å². The zero-order valence-electron chi connectivity index (χ0n) is 12.8. The topological polar surface area (TPSA) is 50.4 Å². The number of hydrogen-bond donors (Lipinski definition) is 2. The van der Waals surface area contributed by atoms with Gasteiger partial charge in [0, 0.05) is 12.0 Å². The van der Waals surface area contributed by atoms with Crippen molar-refractivity contribution in [1.29, 1.82) is 0 Å². The van der Waals surface area contributed by atoms with Crippen molar-refractivity contribution in [1.82, 2.24) is 5.32 Å². The fourth-order valence-corrected chi connectivity index (χ4v) is 3.49. The maximum absolute atomic E-state index is 12.8. The molecule has 1 aromatic rings. The normalized spacial score (nSPS) is 17.4. The first kappa shape index (κ1) is 16.3. The van der Waals surface area contributed by atoms with E-state index in [2.05, 4.69) is 23.6 Å². The van der Waals surface area contributed by atoms with Crippen molar-refractivity contribution >= 4 is 23.4 Å². The highest BCUT2D eigenvalue weighted by Gasteiger charge is 2.39. The van der Waals surface area contributed by atoms with Gasteiger partial charge in [-0.15, -0.1) is 11.8 Å². The highest BCUT2D eigenvalue weighted by molar-refractivity contribution is 7.99. The maximum atomic E-state index is 12.8. The van der Waals surface area contributed by atoms with Gasteiger partial charge in [-0.2, -0.15) is 0 Å². The molecule has 0 aliphatic carbocycles. The van der Waals surface area contributed by atoms with Crippen LogP contribution in [0.1, 0.15) is 19.8 Å². The van der Waals surface area contributed by atoms with Gasteiger partial charge in [0.05, 0.1) is 17.7 Å². The second kappa shape index (κ2) is 7.82. The molecule has 1 amide bonds. The number of methoxy groups -OCH3 is 1. The van der Waals surface area contributed by atoms with Crippen LogP contribution in [0.5, 0.6) is 0 Å². The molecule has 0 radical (unpaired) electrons. The Labute approximate surface area is 131 Å². The van der Waals surface area contributed by atoms with Crippen LogP contribution >= 0.6 is 11.8 Å².